The van der Waals surface area contributed by atoms with Crippen molar-refractivity contribution in [3.05, 3.63) is 17.8 Å². The van der Waals surface area contributed by atoms with E-state index in [1.165, 1.54) is 0 Å². The minimum Gasteiger partial charge on any atom is -0.477 e. The summed E-state index contributed by atoms with van der Waals surface area (Å²) in [6, 6.07) is 2.04. The van der Waals surface area contributed by atoms with E-state index in [4.69, 9.17) is 14.0 Å². The van der Waals surface area contributed by atoms with Crippen LogP contribution in [0.3, 0.4) is 0 Å². The van der Waals surface area contributed by atoms with Crippen molar-refractivity contribution < 1.29 is 14.0 Å². The molecule has 1 aromatic rings. The maximum absolute atomic E-state index is 6.04. The normalized spacial score (nSPS) is 19.8. The number of hydrogen-bond donors (Lipinski definition) is 0. The Labute approximate surface area is 128 Å². The molecule has 1 saturated heterocycles. The van der Waals surface area contributed by atoms with Gasteiger partial charge < -0.3 is 14.0 Å². The van der Waals surface area contributed by atoms with E-state index in [9.17, 15) is 0 Å². The van der Waals surface area contributed by atoms with Gasteiger partial charge >= 0.3 is 7.12 Å². The predicted octanol–water partition coefficient (Wildman–Crippen LogP) is 2.87. The van der Waals surface area contributed by atoms with Gasteiger partial charge in [0.2, 0.25) is 5.88 Å². The highest BCUT2D eigenvalue weighted by Crippen LogP contribution is 2.36. The first-order chi connectivity index (χ1) is 9.77. The molecule has 5 heteroatoms. The zero-order valence-corrected chi connectivity index (χ0v) is 14.0. The van der Waals surface area contributed by atoms with Gasteiger partial charge in [0.1, 0.15) is 0 Å². The largest absolute Gasteiger partial charge is 0.496 e. The number of aromatic nitrogens is 1. The number of ether oxygens (including phenoxy) is 1. The van der Waals surface area contributed by atoms with Crippen LogP contribution in [0.4, 0.5) is 0 Å². The molecule has 21 heavy (non-hydrogen) atoms. The lowest BCUT2D eigenvalue weighted by Gasteiger charge is -2.32. The monoisotopic (exact) mass is 291 g/mol. The average molecular weight is 291 g/mol. The van der Waals surface area contributed by atoms with Crippen molar-refractivity contribution in [2.24, 2.45) is 0 Å². The van der Waals surface area contributed by atoms with Crippen molar-refractivity contribution >= 4 is 12.6 Å². The second-order valence-electron chi connectivity index (χ2n) is 6.68. The summed E-state index contributed by atoms with van der Waals surface area (Å²) >= 11 is 0. The van der Waals surface area contributed by atoms with E-state index in [0.717, 1.165) is 23.9 Å². The fourth-order valence-corrected chi connectivity index (χ4v) is 2.16. The molecule has 0 spiro atoms. The van der Waals surface area contributed by atoms with E-state index in [1.54, 1.807) is 6.20 Å². The third-order valence-electron chi connectivity index (χ3n) is 4.31. The van der Waals surface area contributed by atoms with Crippen LogP contribution in [0.1, 0.15) is 53.0 Å². The zero-order valence-electron chi connectivity index (χ0n) is 14.0. The molecule has 2 rings (SSSR count). The van der Waals surface area contributed by atoms with Gasteiger partial charge in [0.15, 0.2) is 0 Å². The van der Waals surface area contributed by atoms with Gasteiger partial charge in [-0.3, -0.25) is 0 Å². The van der Waals surface area contributed by atoms with E-state index in [0.29, 0.717) is 12.5 Å². The van der Waals surface area contributed by atoms with Gasteiger partial charge in [-0.2, -0.15) is 0 Å². The van der Waals surface area contributed by atoms with Crippen LogP contribution >= 0.6 is 0 Å². The summed E-state index contributed by atoms with van der Waals surface area (Å²) in [5, 5.41) is 0. The minimum atomic E-state index is -0.370. The standard InChI is InChI=1S/C16H26BNO3/c1-7-8-9-19-14-12(2)10-13(11-18-14)17-20-15(3,4)16(5,6)21-17/h10-11H,7-9H2,1-6H3. The van der Waals surface area contributed by atoms with Crippen molar-refractivity contribution in [3.8, 4) is 5.88 Å². The van der Waals surface area contributed by atoms with Crippen LogP contribution in [0.5, 0.6) is 5.88 Å². The summed E-state index contributed by atoms with van der Waals surface area (Å²) in [6.45, 7) is 13.1. The van der Waals surface area contributed by atoms with Crippen molar-refractivity contribution in [3.63, 3.8) is 0 Å². The van der Waals surface area contributed by atoms with Gasteiger partial charge in [-0.05, 0) is 41.0 Å². The quantitative estimate of drug-likeness (QED) is 0.618. The molecule has 0 amide bonds. The highest BCUT2D eigenvalue weighted by Gasteiger charge is 2.51. The SMILES string of the molecule is CCCCOc1ncc(B2OC(C)(C)C(C)(C)O2)cc1C. The number of aryl methyl sites for hydroxylation is 1. The number of hydrogen-bond acceptors (Lipinski definition) is 4. The molecular formula is C16H26BNO3. The van der Waals surface area contributed by atoms with Crippen LogP contribution in [-0.4, -0.2) is 29.9 Å². The van der Waals surface area contributed by atoms with Crippen molar-refractivity contribution in [2.45, 2.75) is 65.6 Å². The van der Waals surface area contributed by atoms with Crippen LogP contribution in [0.2, 0.25) is 0 Å². The molecule has 116 valence electrons. The third-order valence-corrected chi connectivity index (χ3v) is 4.31. The first kappa shape index (κ1) is 16.3. The van der Waals surface area contributed by atoms with Gasteiger partial charge in [0.25, 0.3) is 0 Å². The molecule has 0 atom stereocenters. The number of pyridine rings is 1. The van der Waals surface area contributed by atoms with E-state index in [-0.39, 0.29) is 18.3 Å². The lowest BCUT2D eigenvalue weighted by molar-refractivity contribution is 0.00578. The Kier molecular flexibility index (Phi) is 4.64. The van der Waals surface area contributed by atoms with Gasteiger partial charge in [-0.1, -0.05) is 19.4 Å². The van der Waals surface area contributed by atoms with Crippen LogP contribution < -0.4 is 10.2 Å². The molecule has 4 nitrogen and oxygen atoms in total. The van der Waals surface area contributed by atoms with Crippen LogP contribution in [0.15, 0.2) is 12.3 Å². The Morgan fingerprint density at radius 2 is 1.81 bits per heavy atom. The molecular weight excluding hydrogens is 265 g/mol. The molecule has 1 aliphatic rings. The summed E-state index contributed by atoms with van der Waals surface area (Å²) < 4.78 is 17.8. The highest BCUT2D eigenvalue weighted by atomic mass is 16.7. The van der Waals surface area contributed by atoms with E-state index in [2.05, 4.69) is 39.6 Å². The first-order valence-electron chi connectivity index (χ1n) is 7.72. The topological polar surface area (TPSA) is 40.6 Å². The molecule has 1 fully saturated rings. The highest BCUT2D eigenvalue weighted by molar-refractivity contribution is 6.62. The van der Waals surface area contributed by atoms with E-state index in [1.807, 2.05) is 13.0 Å². The second kappa shape index (κ2) is 5.97. The molecule has 1 aromatic heterocycles. The molecule has 1 aliphatic heterocycles. The Hall–Kier alpha value is -1.07. The van der Waals surface area contributed by atoms with Crippen LogP contribution in [0.25, 0.3) is 0 Å². The minimum absolute atomic E-state index is 0.331. The van der Waals surface area contributed by atoms with Gasteiger partial charge in [-0.15, -0.1) is 0 Å². The van der Waals surface area contributed by atoms with E-state index < -0.39 is 0 Å². The lowest BCUT2D eigenvalue weighted by atomic mass is 9.80. The molecule has 0 N–H and O–H groups in total. The Bertz CT molecular complexity index is 486. The maximum Gasteiger partial charge on any atom is 0.496 e. The molecule has 0 radical (unpaired) electrons. The van der Waals surface area contributed by atoms with Crippen LogP contribution in [-0.2, 0) is 9.31 Å². The average Bonchev–Trinajstić information content (AvgIpc) is 2.60. The van der Waals surface area contributed by atoms with Gasteiger partial charge in [0, 0.05) is 17.2 Å². The fourth-order valence-electron chi connectivity index (χ4n) is 2.16. The molecule has 0 saturated carbocycles. The van der Waals surface area contributed by atoms with Gasteiger partial charge in [0.05, 0.1) is 17.8 Å². The summed E-state index contributed by atoms with van der Waals surface area (Å²) in [5.74, 6) is 0.698. The predicted molar refractivity (Wildman–Crippen MR) is 85.1 cm³/mol. The molecule has 0 unspecified atom stereocenters. The smallest absolute Gasteiger partial charge is 0.477 e. The fraction of sp³-hybridized carbons (Fsp3) is 0.688. The third kappa shape index (κ3) is 3.41. The lowest BCUT2D eigenvalue weighted by Crippen LogP contribution is -2.41. The van der Waals surface area contributed by atoms with Crippen molar-refractivity contribution in [1.29, 1.82) is 0 Å². The Morgan fingerprint density at radius 1 is 1.19 bits per heavy atom. The summed E-state index contributed by atoms with van der Waals surface area (Å²) in [4.78, 5) is 4.41. The molecule has 0 aliphatic carbocycles. The summed E-state index contributed by atoms with van der Waals surface area (Å²) in [6.07, 6.45) is 3.95. The molecule has 2 heterocycles. The van der Waals surface area contributed by atoms with Crippen LogP contribution in [0, 0.1) is 6.92 Å². The van der Waals surface area contributed by atoms with Crippen molar-refractivity contribution in [1.82, 2.24) is 4.98 Å². The first-order valence-corrected chi connectivity index (χ1v) is 7.72. The second-order valence-corrected chi connectivity index (χ2v) is 6.68. The molecule has 0 bridgehead atoms. The summed E-state index contributed by atoms with van der Waals surface area (Å²) in [5.41, 5.74) is 1.29. The zero-order chi connectivity index (χ0) is 15.7. The Morgan fingerprint density at radius 3 is 2.33 bits per heavy atom. The number of unbranched alkanes of at least 4 members (excludes halogenated alkanes) is 1. The van der Waals surface area contributed by atoms with Crippen molar-refractivity contribution in [2.75, 3.05) is 6.61 Å². The van der Waals surface area contributed by atoms with E-state index >= 15 is 0 Å². The maximum atomic E-state index is 6.04. The number of nitrogens with zero attached hydrogens (tertiary/aromatic N) is 1. The molecule has 0 aromatic carbocycles. The Balaban J connectivity index is 2.11. The summed E-state index contributed by atoms with van der Waals surface area (Å²) in [7, 11) is -0.370. The van der Waals surface area contributed by atoms with Gasteiger partial charge in [-0.25, -0.2) is 4.98 Å². The number of rotatable bonds is 5.